The van der Waals surface area contributed by atoms with E-state index in [1.54, 1.807) is 30.5 Å². The number of nitrogens with zero attached hydrogens (tertiary/aromatic N) is 1. The number of hydrogen-bond donors (Lipinski definition) is 3. The fourth-order valence-electron chi connectivity index (χ4n) is 4.33. The Kier molecular flexibility index (Phi) is 9.01. The topological polar surface area (TPSA) is 93.7 Å². The van der Waals surface area contributed by atoms with Crippen molar-refractivity contribution in [1.29, 1.82) is 0 Å². The number of amides is 1. The number of carbonyl (C=O) groups excluding carboxylic acids is 1. The molecule has 3 N–H and O–H groups in total. The van der Waals surface area contributed by atoms with Crippen molar-refractivity contribution in [3.8, 4) is 11.5 Å². The normalized spacial score (nSPS) is 20.9. The van der Waals surface area contributed by atoms with Gasteiger partial charge in [-0.1, -0.05) is 29.9 Å². The van der Waals surface area contributed by atoms with Crippen LogP contribution in [0.5, 0.6) is 11.5 Å². The number of anilines is 1. The minimum atomic E-state index is -2.95. The summed E-state index contributed by atoms with van der Waals surface area (Å²) in [4.78, 5) is 17.2. The van der Waals surface area contributed by atoms with Gasteiger partial charge in [0.1, 0.15) is 17.3 Å². The lowest BCUT2D eigenvalue weighted by Crippen LogP contribution is -2.44. The number of pyridine rings is 1. The summed E-state index contributed by atoms with van der Waals surface area (Å²) in [6.07, 6.45) is 2.32. The Morgan fingerprint density at radius 3 is 2.95 bits per heavy atom. The van der Waals surface area contributed by atoms with Crippen LogP contribution in [0.4, 0.5) is 14.5 Å². The molecule has 2 atom stereocenters. The Morgan fingerprint density at radius 2 is 2.18 bits per heavy atom. The standard InChI is InChI=1S/C26H29ClF2N4O4S/c1-15-11-19(22(24(34)32-15)25(38)33-18-6-3-5-17(27)23(18)35-2)31-12-16-7-9-30-13-20(16)37-14-21-26(28,29)8-4-10-36-21/h3,5-7,9,13,15,21,31H,4,8,10-12,14H2,1-2H3,(H,32,34)(H,33,38)/t15-,21?/m1/s1. The summed E-state index contributed by atoms with van der Waals surface area (Å²) in [5.74, 6) is -2.52. The Bertz CT molecular complexity index is 1230. The van der Waals surface area contributed by atoms with Gasteiger partial charge in [0.15, 0.2) is 11.9 Å². The average molecular weight is 567 g/mol. The van der Waals surface area contributed by atoms with E-state index in [0.717, 1.165) is 0 Å². The lowest BCUT2D eigenvalue weighted by Gasteiger charge is -2.31. The third-order valence-corrected chi connectivity index (χ3v) is 6.86. The second kappa shape index (κ2) is 12.2. The van der Waals surface area contributed by atoms with Gasteiger partial charge in [0.25, 0.3) is 11.8 Å². The number of benzene rings is 1. The largest absolute Gasteiger partial charge is 0.493 e. The van der Waals surface area contributed by atoms with E-state index in [1.807, 2.05) is 6.92 Å². The molecule has 1 aromatic carbocycles. The van der Waals surface area contributed by atoms with Crippen LogP contribution in [-0.4, -0.2) is 54.3 Å². The van der Waals surface area contributed by atoms with Gasteiger partial charge in [-0.2, -0.15) is 0 Å². The second-order valence-electron chi connectivity index (χ2n) is 9.08. The molecule has 38 heavy (non-hydrogen) atoms. The van der Waals surface area contributed by atoms with Gasteiger partial charge in [-0.3, -0.25) is 9.78 Å². The molecule has 2 aromatic rings. The first-order chi connectivity index (χ1) is 18.2. The molecule has 1 fully saturated rings. The minimum absolute atomic E-state index is 0.129. The maximum absolute atomic E-state index is 14.2. The van der Waals surface area contributed by atoms with E-state index in [0.29, 0.717) is 46.3 Å². The molecule has 0 bridgehead atoms. The second-order valence-corrected chi connectivity index (χ2v) is 9.89. The summed E-state index contributed by atoms with van der Waals surface area (Å²) in [5.41, 5.74) is 2.12. The molecule has 1 amide bonds. The predicted octanol–water partition coefficient (Wildman–Crippen LogP) is 4.63. The van der Waals surface area contributed by atoms with Crippen LogP contribution >= 0.6 is 23.8 Å². The lowest BCUT2D eigenvalue weighted by molar-refractivity contribution is -0.180. The molecule has 12 heteroatoms. The van der Waals surface area contributed by atoms with Crippen LogP contribution < -0.4 is 25.4 Å². The zero-order chi connectivity index (χ0) is 27.3. The molecular formula is C26H29ClF2N4O4S. The van der Waals surface area contributed by atoms with Gasteiger partial charge in [-0.05, 0) is 31.5 Å². The van der Waals surface area contributed by atoms with Crippen LogP contribution in [0.25, 0.3) is 0 Å². The summed E-state index contributed by atoms with van der Waals surface area (Å²) in [6, 6.07) is 6.77. The summed E-state index contributed by atoms with van der Waals surface area (Å²) in [6.45, 7) is 2.12. The third-order valence-electron chi connectivity index (χ3n) is 6.26. The number of rotatable bonds is 9. The molecule has 0 saturated carbocycles. The van der Waals surface area contributed by atoms with Crippen molar-refractivity contribution in [1.82, 2.24) is 15.6 Å². The van der Waals surface area contributed by atoms with E-state index in [-0.39, 0.29) is 48.7 Å². The number of para-hydroxylation sites is 1. The quantitative estimate of drug-likeness (QED) is 0.378. The summed E-state index contributed by atoms with van der Waals surface area (Å²) in [7, 11) is 1.49. The van der Waals surface area contributed by atoms with Crippen molar-refractivity contribution in [2.75, 3.05) is 25.6 Å². The average Bonchev–Trinajstić information content (AvgIpc) is 2.87. The van der Waals surface area contributed by atoms with Gasteiger partial charge >= 0.3 is 0 Å². The van der Waals surface area contributed by atoms with Gasteiger partial charge < -0.3 is 30.2 Å². The molecule has 4 rings (SSSR count). The van der Waals surface area contributed by atoms with Gasteiger partial charge in [0.05, 0.1) is 29.6 Å². The van der Waals surface area contributed by atoms with Crippen LogP contribution in [0.1, 0.15) is 31.7 Å². The highest BCUT2D eigenvalue weighted by Gasteiger charge is 2.43. The number of alkyl halides is 2. The first-order valence-electron chi connectivity index (χ1n) is 12.2. The molecule has 0 aliphatic carbocycles. The molecule has 204 valence electrons. The molecule has 1 unspecified atom stereocenters. The monoisotopic (exact) mass is 566 g/mol. The van der Waals surface area contributed by atoms with Crippen LogP contribution in [0.2, 0.25) is 5.02 Å². The lowest BCUT2D eigenvalue weighted by atomic mass is 10.0. The van der Waals surface area contributed by atoms with Crippen molar-refractivity contribution < 1.29 is 27.8 Å². The zero-order valence-corrected chi connectivity index (χ0v) is 22.6. The van der Waals surface area contributed by atoms with Crippen molar-refractivity contribution in [2.45, 2.75) is 50.8 Å². The van der Waals surface area contributed by atoms with E-state index in [2.05, 4.69) is 20.9 Å². The maximum Gasteiger partial charge on any atom is 0.277 e. The van der Waals surface area contributed by atoms with E-state index in [4.69, 9.17) is 38.0 Å². The van der Waals surface area contributed by atoms with E-state index < -0.39 is 12.0 Å². The van der Waals surface area contributed by atoms with Gasteiger partial charge in [0, 0.05) is 49.5 Å². The van der Waals surface area contributed by atoms with Crippen LogP contribution in [0.3, 0.4) is 0 Å². The number of halogens is 3. The molecular weight excluding hydrogens is 538 g/mol. The highest BCUT2D eigenvalue weighted by atomic mass is 35.5. The van der Waals surface area contributed by atoms with Crippen molar-refractivity contribution >= 4 is 40.4 Å². The SMILES string of the molecule is COc1c(Cl)cccc1NC(=S)C1=C(NCc2ccncc2OCC2OCCCC2(F)F)C[C@@H](C)NC1=O. The minimum Gasteiger partial charge on any atom is -0.493 e. The molecule has 8 nitrogen and oxygen atoms in total. The maximum atomic E-state index is 14.2. The Hall–Kier alpha value is -3.02. The summed E-state index contributed by atoms with van der Waals surface area (Å²) < 4.78 is 44.7. The summed E-state index contributed by atoms with van der Waals surface area (Å²) in [5, 5.41) is 9.66. The van der Waals surface area contributed by atoms with Crippen molar-refractivity contribution in [2.24, 2.45) is 0 Å². The summed E-state index contributed by atoms with van der Waals surface area (Å²) >= 11 is 11.8. The van der Waals surface area contributed by atoms with Gasteiger partial charge in [0.2, 0.25) is 0 Å². The number of hydrogen-bond acceptors (Lipinski definition) is 7. The molecule has 3 heterocycles. The molecule has 1 saturated heterocycles. The molecule has 0 spiro atoms. The fourth-order valence-corrected chi connectivity index (χ4v) is 4.91. The number of ether oxygens (including phenoxy) is 3. The number of aromatic nitrogens is 1. The number of methoxy groups -OCH3 is 1. The highest BCUT2D eigenvalue weighted by Crippen LogP contribution is 2.34. The van der Waals surface area contributed by atoms with Crippen LogP contribution in [-0.2, 0) is 16.1 Å². The Morgan fingerprint density at radius 1 is 1.37 bits per heavy atom. The van der Waals surface area contributed by atoms with E-state index in [1.165, 1.54) is 13.3 Å². The van der Waals surface area contributed by atoms with Gasteiger partial charge in [-0.15, -0.1) is 0 Å². The Labute approximate surface area is 230 Å². The van der Waals surface area contributed by atoms with Crippen LogP contribution in [0, 0.1) is 0 Å². The molecule has 1 aromatic heterocycles. The number of nitrogens with one attached hydrogen (secondary N) is 3. The number of thiocarbonyl (C=S) groups is 1. The highest BCUT2D eigenvalue weighted by molar-refractivity contribution is 7.81. The smallest absolute Gasteiger partial charge is 0.277 e. The zero-order valence-electron chi connectivity index (χ0n) is 21.0. The van der Waals surface area contributed by atoms with E-state index >= 15 is 0 Å². The van der Waals surface area contributed by atoms with Crippen LogP contribution in [0.15, 0.2) is 47.9 Å². The Balaban J connectivity index is 1.51. The molecule has 2 aliphatic rings. The predicted molar refractivity (Wildman–Crippen MR) is 144 cm³/mol. The molecule has 2 aliphatic heterocycles. The van der Waals surface area contributed by atoms with Crippen molar-refractivity contribution in [3.63, 3.8) is 0 Å². The van der Waals surface area contributed by atoms with Gasteiger partial charge in [-0.25, -0.2) is 8.78 Å². The first kappa shape index (κ1) is 28.0. The number of carbonyl (C=O) groups is 1. The first-order valence-corrected chi connectivity index (χ1v) is 12.9. The van der Waals surface area contributed by atoms with Crippen molar-refractivity contribution in [3.05, 3.63) is 58.5 Å². The van der Waals surface area contributed by atoms with E-state index in [9.17, 15) is 13.6 Å². The fraction of sp³-hybridized carbons (Fsp3) is 0.423. The molecule has 0 radical (unpaired) electrons. The third kappa shape index (κ3) is 6.51.